The van der Waals surface area contributed by atoms with E-state index in [2.05, 4.69) is 55.3 Å². The van der Waals surface area contributed by atoms with Crippen LogP contribution in [0.15, 0.2) is 12.1 Å². The van der Waals surface area contributed by atoms with Gasteiger partial charge >= 0.3 is 0 Å². The van der Waals surface area contributed by atoms with Crippen molar-refractivity contribution >= 4 is 44.1 Å². The number of piperazine rings is 1. The minimum Gasteiger partial charge on any atom is -0.367 e. The Morgan fingerprint density at radius 1 is 1.27 bits per heavy atom. The largest absolute Gasteiger partial charge is 0.367 e. The lowest BCUT2D eigenvalue weighted by Gasteiger charge is -2.44. The zero-order valence-corrected chi connectivity index (χ0v) is 19.1. The molecule has 26 heavy (non-hydrogen) atoms. The third-order valence-corrected chi connectivity index (χ3v) is 7.81. The maximum Gasteiger partial charge on any atom is 0.148 e. The summed E-state index contributed by atoms with van der Waals surface area (Å²) in [7, 11) is 0. The zero-order chi connectivity index (χ0) is 19.0. The molecule has 0 spiro atoms. The van der Waals surface area contributed by atoms with Crippen LogP contribution in [0.5, 0.6) is 0 Å². The molecule has 0 atom stereocenters. The predicted octanol–water partition coefficient (Wildman–Crippen LogP) is 3.18. The molecule has 0 radical (unpaired) electrons. The number of halogens is 2. The van der Waals surface area contributed by atoms with Crippen molar-refractivity contribution in [2.45, 2.75) is 13.7 Å². The summed E-state index contributed by atoms with van der Waals surface area (Å²) in [5.74, 6) is 0.875. The first-order valence-electron chi connectivity index (χ1n) is 9.02. The first-order valence-corrected chi connectivity index (χ1v) is 15.6. The fourth-order valence-electron chi connectivity index (χ4n) is 3.11. The smallest absolute Gasteiger partial charge is 0.148 e. The van der Waals surface area contributed by atoms with Gasteiger partial charge in [0.25, 0.3) is 0 Å². The number of nitrogens with zero attached hydrogens (tertiary/aromatic N) is 3. The first-order chi connectivity index (χ1) is 12.1. The van der Waals surface area contributed by atoms with E-state index in [1.54, 1.807) is 10.7 Å². The van der Waals surface area contributed by atoms with Gasteiger partial charge in [0, 0.05) is 37.6 Å². The quantitative estimate of drug-likeness (QED) is 0.367. The van der Waals surface area contributed by atoms with Crippen LogP contribution < -0.4 is 10.2 Å². The Labute approximate surface area is 167 Å². The average Bonchev–Trinajstić information content (AvgIpc) is 2.85. The van der Waals surface area contributed by atoms with E-state index in [1.165, 1.54) is 0 Å². The second kappa shape index (κ2) is 7.44. The van der Waals surface area contributed by atoms with Crippen LogP contribution in [-0.2, 0) is 11.5 Å². The summed E-state index contributed by atoms with van der Waals surface area (Å²) in [6, 6.07) is 3.55. The van der Waals surface area contributed by atoms with Gasteiger partial charge < -0.3 is 15.0 Å². The van der Waals surface area contributed by atoms with E-state index in [1.807, 2.05) is 13.0 Å². The highest BCUT2D eigenvalue weighted by Crippen LogP contribution is 2.67. The van der Waals surface area contributed by atoms with E-state index in [9.17, 15) is 4.39 Å². The average molecular weight is 496 g/mol. The van der Waals surface area contributed by atoms with Crippen molar-refractivity contribution in [2.75, 3.05) is 62.2 Å². The predicted molar refractivity (Wildman–Crippen MR) is 121 cm³/mol. The lowest BCUT2D eigenvalue weighted by Crippen LogP contribution is -2.43. The molecule has 0 saturated carbocycles. The van der Waals surface area contributed by atoms with Gasteiger partial charge in [-0.2, -0.15) is 5.10 Å². The second-order valence-corrected chi connectivity index (χ2v) is 25.3. The topological polar surface area (TPSA) is 42.3 Å². The summed E-state index contributed by atoms with van der Waals surface area (Å²) in [6.07, 6.45) is 5.39. The maximum absolute atomic E-state index is 14.7. The van der Waals surface area contributed by atoms with Gasteiger partial charge in [0.05, 0.1) is 23.5 Å². The summed E-state index contributed by atoms with van der Waals surface area (Å²) in [5, 5.41) is 8.87. The Balaban J connectivity index is 1.77. The molecule has 2 heterocycles. The van der Waals surface area contributed by atoms with Crippen LogP contribution in [-0.4, -0.2) is 67.1 Å². The molecule has 0 unspecified atom stereocenters. The number of ether oxygens (including phenoxy) is 1. The molecule has 1 aliphatic heterocycles. The van der Waals surface area contributed by atoms with Gasteiger partial charge in [-0.05, 0) is 58.7 Å². The number of rotatable bonds is 6. The minimum absolute atomic E-state index is 0.187. The van der Waals surface area contributed by atoms with Gasteiger partial charge in [0.15, 0.2) is 0 Å². The number of nitrogens with one attached hydrogen (secondary N) is 1. The third-order valence-electron chi connectivity index (χ3n) is 4.67. The molecule has 3 rings (SSSR count). The van der Waals surface area contributed by atoms with E-state index in [4.69, 9.17) is 4.74 Å². The van der Waals surface area contributed by atoms with Crippen LogP contribution in [0, 0.1) is 12.7 Å². The molecule has 0 amide bonds. The molecular weight excluding hydrogens is 466 g/mol. The number of hydrogen-bond acceptors (Lipinski definition) is 4. The fourth-order valence-corrected chi connectivity index (χ4v) is 4.45. The highest BCUT2D eigenvalue weighted by Gasteiger charge is 2.21. The van der Waals surface area contributed by atoms with Crippen molar-refractivity contribution in [2.24, 2.45) is 0 Å². The van der Waals surface area contributed by atoms with Gasteiger partial charge in [-0.3, -0.25) is 0 Å². The van der Waals surface area contributed by atoms with Crippen molar-refractivity contribution in [3.8, 4) is 0 Å². The molecule has 0 aliphatic carbocycles. The number of aromatic nitrogens is 2. The Hall–Kier alpha value is -0.580. The molecule has 1 N–H and O–H groups in total. The van der Waals surface area contributed by atoms with Crippen molar-refractivity contribution < 1.29 is 9.13 Å². The summed E-state index contributed by atoms with van der Waals surface area (Å²) in [4.78, 5) is 2.10. The minimum atomic E-state index is -1.60. The highest BCUT2D eigenvalue weighted by atomic mass is 127. The Morgan fingerprint density at radius 3 is 2.62 bits per heavy atom. The number of aryl methyl sites for hydroxylation is 1. The van der Waals surface area contributed by atoms with Crippen molar-refractivity contribution in [3.63, 3.8) is 0 Å². The summed E-state index contributed by atoms with van der Waals surface area (Å²) < 4.78 is 22.4. The normalized spacial score (nSPS) is 17.5. The molecule has 148 valence electrons. The summed E-state index contributed by atoms with van der Waals surface area (Å²) >= 11 is 2.58. The molecular formula is C18H30FIN4OS. The molecule has 2 aromatic rings. The van der Waals surface area contributed by atoms with Gasteiger partial charge in [-0.1, -0.05) is 0 Å². The van der Waals surface area contributed by atoms with Gasteiger partial charge in [0.2, 0.25) is 0 Å². The molecule has 1 aromatic carbocycles. The Morgan fingerprint density at radius 2 is 1.96 bits per heavy atom. The fraction of sp³-hybridized carbons (Fsp3) is 0.611. The number of fused-ring (bicyclic) bond motifs is 1. The van der Waals surface area contributed by atoms with Gasteiger partial charge in [0.1, 0.15) is 12.5 Å². The van der Waals surface area contributed by atoms with Crippen molar-refractivity contribution in [3.05, 3.63) is 23.6 Å². The van der Waals surface area contributed by atoms with Crippen molar-refractivity contribution in [1.82, 2.24) is 15.1 Å². The maximum atomic E-state index is 14.7. The molecule has 1 fully saturated rings. The van der Waals surface area contributed by atoms with E-state index in [-0.39, 0.29) is 5.82 Å². The SMILES string of the molecule is Cc1nn(COCC[SH](C)(C)(C)I)c2cc(F)c(N3CCNCC3)cc12. The summed E-state index contributed by atoms with van der Waals surface area (Å²) in [6.45, 7) is 6.46. The standard InChI is InChI=1S/C18H30FIN4OS/c1-14-15-11-18(23-7-5-21-6-8-23)16(19)12-17(15)24(22-14)13-25-9-10-26(2,3,4)20/h11-12,21,26H,5-10,13H2,1-4H3. The van der Waals surface area contributed by atoms with E-state index < -0.39 is 6.33 Å². The second-order valence-electron chi connectivity index (χ2n) is 8.32. The van der Waals surface area contributed by atoms with Crippen LogP contribution >= 0.6 is 27.5 Å². The number of benzene rings is 1. The lowest BCUT2D eigenvalue weighted by atomic mass is 10.1. The van der Waals surface area contributed by atoms with Gasteiger partial charge in [-0.25, -0.2) is 15.4 Å². The number of thiol groups is 1. The number of hydrogen-bond donors (Lipinski definition) is 2. The Kier molecular flexibility index (Phi) is 5.77. The van der Waals surface area contributed by atoms with Crippen LogP contribution in [0.3, 0.4) is 0 Å². The molecule has 1 aliphatic rings. The first kappa shape index (κ1) is 20.2. The lowest BCUT2D eigenvalue weighted by molar-refractivity contribution is 0.0838. The van der Waals surface area contributed by atoms with E-state index >= 15 is 0 Å². The van der Waals surface area contributed by atoms with Crippen LogP contribution in [0.2, 0.25) is 0 Å². The Bertz CT molecular complexity index is 787. The molecule has 5 nitrogen and oxygen atoms in total. The van der Waals surface area contributed by atoms with Crippen LogP contribution in [0.4, 0.5) is 10.1 Å². The van der Waals surface area contributed by atoms with Gasteiger partial charge in [-0.15, -0.1) is 0 Å². The zero-order valence-electron chi connectivity index (χ0n) is 16.1. The van der Waals surface area contributed by atoms with Crippen molar-refractivity contribution in [1.29, 1.82) is 0 Å². The highest BCUT2D eigenvalue weighted by molar-refractivity contribution is 14.2. The monoisotopic (exact) mass is 496 g/mol. The van der Waals surface area contributed by atoms with E-state index in [0.717, 1.165) is 48.5 Å². The molecule has 0 bridgehead atoms. The van der Waals surface area contributed by atoms with E-state index in [0.29, 0.717) is 19.0 Å². The third kappa shape index (κ3) is 5.02. The number of anilines is 1. The molecule has 1 aromatic heterocycles. The summed E-state index contributed by atoms with van der Waals surface area (Å²) in [5.41, 5.74) is 2.39. The molecule has 1 saturated heterocycles. The van der Waals surface area contributed by atoms with Crippen LogP contribution in [0.1, 0.15) is 5.69 Å². The molecule has 8 heteroatoms. The van der Waals surface area contributed by atoms with Crippen LogP contribution in [0.25, 0.3) is 10.9 Å².